The van der Waals surface area contributed by atoms with Crippen LogP contribution < -0.4 is 10.1 Å². The summed E-state index contributed by atoms with van der Waals surface area (Å²) in [7, 11) is 1.68. The lowest BCUT2D eigenvalue weighted by Crippen LogP contribution is -2.34. The van der Waals surface area contributed by atoms with Crippen LogP contribution >= 0.6 is 31.9 Å². The van der Waals surface area contributed by atoms with E-state index >= 15 is 0 Å². The lowest BCUT2D eigenvalue weighted by atomic mass is 10.00. The number of halogens is 2. The molecular formula is C15H21Br2NO2. The van der Waals surface area contributed by atoms with Gasteiger partial charge < -0.3 is 14.8 Å². The maximum absolute atomic E-state index is 5.80. The molecule has 1 aliphatic heterocycles. The Labute approximate surface area is 137 Å². The fourth-order valence-corrected chi connectivity index (χ4v) is 3.82. The summed E-state index contributed by atoms with van der Waals surface area (Å²) in [6, 6.07) is 4.50. The van der Waals surface area contributed by atoms with Crippen LogP contribution in [0.3, 0.4) is 0 Å². The second-order valence-electron chi connectivity index (χ2n) is 5.11. The molecule has 1 aromatic rings. The summed E-state index contributed by atoms with van der Waals surface area (Å²) in [6.07, 6.45) is 4.82. The van der Waals surface area contributed by atoms with Gasteiger partial charge in [0.25, 0.3) is 0 Å². The third kappa shape index (κ3) is 4.12. The highest BCUT2D eigenvalue weighted by atomic mass is 79.9. The second-order valence-corrected chi connectivity index (χ2v) is 6.82. The number of methoxy groups -OCH3 is 1. The van der Waals surface area contributed by atoms with E-state index in [0.717, 1.165) is 46.3 Å². The van der Waals surface area contributed by atoms with Crippen molar-refractivity contribution < 1.29 is 9.47 Å². The molecule has 3 nitrogen and oxygen atoms in total. The van der Waals surface area contributed by atoms with Gasteiger partial charge in [0.15, 0.2) is 0 Å². The SMILES string of the molecule is CCCC1CC(Nc2cc(OC)c(Br)cc2Br)CCO1. The molecule has 0 aromatic heterocycles. The maximum atomic E-state index is 5.80. The Morgan fingerprint density at radius 1 is 1.35 bits per heavy atom. The van der Waals surface area contributed by atoms with E-state index in [4.69, 9.17) is 9.47 Å². The standard InChI is InChI=1S/C15H21Br2NO2/c1-3-4-11-7-10(5-6-20-11)18-14-9-15(19-2)13(17)8-12(14)16/h8-11,18H,3-7H2,1-2H3. The zero-order chi connectivity index (χ0) is 14.5. The number of nitrogens with one attached hydrogen (secondary N) is 1. The summed E-state index contributed by atoms with van der Waals surface area (Å²) in [6.45, 7) is 3.05. The van der Waals surface area contributed by atoms with E-state index in [1.807, 2.05) is 12.1 Å². The van der Waals surface area contributed by atoms with Crippen molar-refractivity contribution in [3.8, 4) is 5.75 Å². The molecule has 5 heteroatoms. The Morgan fingerprint density at radius 2 is 2.15 bits per heavy atom. The monoisotopic (exact) mass is 405 g/mol. The predicted molar refractivity (Wildman–Crippen MR) is 89.7 cm³/mol. The van der Waals surface area contributed by atoms with E-state index in [1.165, 1.54) is 6.42 Å². The van der Waals surface area contributed by atoms with Crippen molar-refractivity contribution in [2.75, 3.05) is 19.0 Å². The molecule has 20 heavy (non-hydrogen) atoms. The maximum Gasteiger partial charge on any atom is 0.135 e. The number of rotatable bonds is 5. The minimum absolute atomic E-state index is 0.391. The second kappa shape index (κ2) is 7.66. The molecule has 0 spiro atoms. The van der Waals surface area contributed by atoms with Crippen LogP contribution in [0.4, 0.5) is 5.69 Å². The quantitative estimate of drug-likeness (QED) is 0.747. The minimum atomic E-state index is 0.391. The van der Waals surface area contributed by atoms with Crippen LogP contribution in [0.2, 0.25) is 0 Å². The highest BCUT2D eigenvalue weighted by molar-refractivity contribution is 9.11. The van der Waals surface area contributed by atoms with Crippen LogP contribution in [0.5, 0.6) is 5.75 Å². The van der Waals surface area contributed by atoms with Gasteiger partial charge in [0.05, 0.1) is 23.4 Å². The van der Waals surface area contributed by atoms with Gasteiger partial charge in [-0.2, -0.15) is 0 Å². The van der Waals surface area contributed by atoms with Crippen molar-refractivity contribution in [1.82, 2.24) is 0 Å². The number of ether oxygens (including phenoxy) is 2. The van der Waals surface area contributed by atoms with Gasteiger partial charge in [0.2, 0.25) is 0 Å². The summed E-state index contributed by atoms with van der Waals surface area (Å²) < 4.78 is 13.2. The minimum Gasteiger partial charge on any atom is -0.495 e. The first-order chi connectivity index (χ1) is 9.63. The lowest BCUT2D eigenvalue weighted by molar-refractivity contribution is 0.00597. The van der Waals surface area contributed by atoms with E-state index in [-0.39, 0.29) is 0 Å². The Bertz CT molecular complexity index is 452. The Morgan fingerprint density at radius 3 is 2.85 bits per heavy atom. The summed E-state index contributed by atoms with van der Waals surface area (Å²) in [4.78, 5) is 0. The lowest BCUT2D eigenvalue weighted by Gasteiger charge is -2.31. The summed E-state index contributed by atoms with van der Waals surface area (Å²) in [5, 5.41) is 3.61. The molecule has 2 unspecified atom stereocenters. The van der Waals surface area contributed by atoms with Crippen LogP contribution in [-0.2, 0) is 4.74 Å². The van der Waals surface area contributed by atoms with Crippen molar-refractivity contribution in [3.05, 3.63) is 21.1 Å². The smallest absolute Gasteiger partial charge is 0.135 e. The van der Waals surface area contributed by atoms with E-state index in [1.54, 1.807) is 7.11 Å². The zero-order valence-electron chi connectivity index (χ0n) is 11.9. The van der Waals surface area contributed by atoms with Crippen LogP contribution in [0.25, 0.3) is 0 Å². The van der Waals surface area contributed by atoms with Crippen molar-refractivity contribution in [2.45, 2.75) is 44.8 Å². The van der Waals surface area contributed by atoms with E-state index in [0.29, 0.717) is 12.1 Å². The van der Waals surface area contributed by atoms with Crippen molar-refractivity contribution >= 4 is 37.5 Å². The van der Waals surface area contributed by atoms with E-state index in [2.05, 4.69) is 44.1 Å². The van der Waals surface area contributed by atoms with Gasteiger partial charge in [0, 0.05) is 23.2 Å². The van der Waals surface area contributed by atoms with E-state index in [9.17, 15) is 0 Å². The fourth-order valence-electron chi connectivity index (χ4n) is 2.55. The van der Waals surface area contributed by atoms with Crippen molar-refractivity contribution in [2.24, 2.45) is 0 Å². The molecule has 1 fully saturated rings. The number of hydrogen-bond donors (Lipinski definition) is 1. The summed E-state index contributed by atoms with van der Waals surface area (Å²) >= 11 is 7.10. The molecule has 0 amide bonds. The third-order valence-corrected chi connectivity index (χ3v) is 4.85. The molecule has 0 saturated carbocycles. The first kappa shape index (κ1) is 16.1. The van der Waals surface area contributed by atoms with Crippen LogP contribution in [-0.4, -0.2) is 25.9 Å². The van der Waals surface area contributed by atoms with Crippen LogP contribution in [0, 0.1) is 0 Å². The third-order valence-electron chi connectivity index (χ3n) is 3.58. The number of benzene rings is 1. The normalized spacial score (nSPS) is 22.6. The fraction of sp³-hybridized carbons (Fsp3) is 0.600. The van der Waals surface area contributed by atoms with Crippen LogP contribution in [0.1, 0.15) is 32.6 Å². The highest BCUT2D eigenvalue weighted by Crippen LogP contribution is 2.35. The average molecular weight is 407 g/mol. The molecule has 2 atom stereocenters. The van der Waals surface area contributed by atoms with Gasteiger partial charge in [-0.25, -0.2) is 0 Å². The molecule has 1 aromatic carbocycles. The molecule has 1 N–H and O–H groups in total. The summed E-state index contributed by atoms with van der Waals surface area (Å²) in [5.74, 6) is 0.841. The highest BCUT2D eigenvalue weighted by Gasteiger charge is 2.22. The first-order valence-corrected chi connectivity index (χ1v) is 8.63. The van der Waals surface area contributed by atoms with Gasteiger partial charge in [-0.1, -0.05) is 13.3 Å². The molecule has 112 valence electrons. The molecule has 1 saturated heterocycles. The Balaban J connectivity index is 2.05. The summed E-state index contributed by atoms with van der Waals surface area (Å²) in [5.41, 5.74) is 1.08. The number of hydrogen-bond acceptors (Lipinski definition) is 3. The molecule has 1 heterocycles. The molecule has 1 aliphatic rings. The average Bonchev–Trinajstić information content (AvgIpc) is 2.43. The molecule has 0 aliphatic carbocycles. The van der Waals surface area contributed by atoms with E-state index < -0.39 is 0 Å². The van der Waals surface area contributed by atoms with Gasteiger partial charge in [-0.3, -0.25) is 0 Å². The molecule has 0 radical (unpaired) electrons. The Hall–Kier alpha value is -0.260. The van der Waals surface area contributed by atoms with Gasteiger partial charge in [0.1, 0.15) is 5.75 Å². The molecular weight excluding hydrogens is 386 g/mol. The van der Waals surface area contributed by atoms with Crippen molar-refractivity contribution in [1.29, 1.82) is 0 Å². The Kier molecular flexibility index (Phi) is 6.18. The first-order valence-electron chi connectivity index (χ1n) is 7.05. The topological polar surface area (TPSA) is 30.5 Å². The number of anilines is 1. The molecule has 2 rings (SSSR count). The predicted octanol–water partition coefficient (Wildman–Crippen LogP) is 4.98. The van der Waals surface area contributed by atoms with Crippen molar-refractivity contribution in [3.63, 3.8) is 0 Å². The largest absolute Gasteiger partial charge is 0.495 e. The van der Waals surface area contributed by atoms with Gasteiger partial charge >= 0.3 is 0 Å². The van der Waals surface area contributed by atoms with Crippen LogP contribution in [0.15, 0.2) is 21.1 Å². The van der Waals surface area contributed by atoms with Gasteiger partial charge in [-0.05, 0) is 57.2 Å². The van der Waals surface area contributed by atoms with Gasteiger partial charge in [-0.15, -0.1) is 0 Å². The zero-order valence-corrected chi connectivity index (χ0v) is 15.1. The molecule has 0 bridgehead atoms.